The number of aliphatic hydroxyl groups excluding tert-OH is 1. The molecule has 0 amide bonds. The van der Waals surface area contributed by atoms with Gasteiger partial charge in [-0.15, -0.1) is 0 Å². The van der Waals surface area contributed by atoms with Gasteiger partial charge >= 0.3 is 5.97 Å². The van der Waals surface area contributed by atoms with Gasteiger partial charge in [-0.1, -0.05) is 25.5 Å². The molecule has 0 heterocycles. The fraction of sp³-hybridized carbons (Fsp3) is 0.840. The molecule has 4 nitrogen and oxygen atoms in total. The predicted octanol–water partition coefficient (Wildman–Crippen LogP) is 4.30. The van der Waals surface area contributed by atoms with Crippen molar-refractivity contribution in [2.45, 2.75) is 85.4 Å². The number of esters is 1. The zero-order chi connectivity index (χ0) is 20.9. The normalized spacial score (nSPS) is 50.6. The Kier molecular flexibility index (Phi) is 4.07. The van der Waals surface area contributed by atoms with E-state index in [2.05, 4.69) is 19.9 Å². The lowest BCUT2D eigenvalue weighted by Crippen LogP contribution is -2.56. The van der Waals surface area contributed by atoms with Crippen LogP contribution in [0.5, 0.6) is 0 Å². The molecule has 0 aromatic heterocycles. The van der Waals surface area contributed by atoms with Gasteiger partial charge in [0, 0.05) is 17.8 Å². The first-order valence-electron chi connectivity index (χ1n) is 11.6. The van der Waals surface area contributed by atoms with Crippen LogP contribution in [0.25, 0.3) is 0 Å². The number of fused-ring (bicyclic) bond motifs is 7. The van der Waals surface area contributed by atoms with E-state index in [4.69, 9.17) is 4.74 Å². The van der Waals surface area contributed by atoms with Crippen molar-refractivity contribution in [1.82, 2.24) is 0 Å². The van der Waals surface area contributed by atoms with E-state index in [0.717, 1.165) is 38.5 Å². The van der Waals surface area contributed by atoms with Gasteiger partial charge in [-0.3, -0.25) is 9.59 Å². The molecule has 5 rings (SSSR count). The fourth-order valence-electron chi connectivity index (χ4n) is 7.69. The lowest BCUT2D eigenvalue weighted by molar-refractivity contribution is -0.161. The first-order valence-corrected chi connectivity index (χ1v) is 11.6. The van der Waals surface area contributed by atoms with Crippen LogP contribution in [-0.4, -0.2) is 29.1 Å². The molecule has 9 atom stereocenters. The number of rotatable bonds is 1. The number of carbonyl (C=O) groups excluding carboxylic acids is 2. The minimum Gasteiger partial charge on any atom is -0.462 e. The van der Waals surface area contributed by atoms with Gasteiger partial charge in [-0.2, -0.15) is 0 Å². The van der Waals surface area contributed by atoms with Gasteiger partial charge in [-0.25, -0.2) is 0 Å². The van der Waals surface area contributed by atoms with Gasteiger partial charge in [0.1, 0.15) is 11.9 Å². The Hall–Kier alpha value is -1.16. The Labute approximate surface area is 174 Å². The van der Waals surface area contributed by atoms with Crippen LogP contribution in [0.1, 0.15) is 73.1 Å². The van der Waals surface area contributed by atoms with Gasteiger partial charge in [0.2, 0.25) is 0 Å². The van der Waals surface area contributed by atoms with Crippen LogP contribution in [0.15, 0.2) is 11.6 Å². The van der Waals surface area contributed by atoms with E-state index in [1.807, 2.05) is 20.8 Å². The topological polar surface area (TPSA) is 63.6 Å². The van der Waals surface area contributed by atoms with Crippen molar-refractivity contribution in [1.29, 1.82) is 0 Å². The summed E-state index contributed by atoms with van der Waals surface area (Å²) in [7, 11) is 0. The minimum atomic E-state index is -0.490. The van der Waals surface area contributed by atoms with Gasteiger partial charge in [0.05, 0.1) is 11.5 Å². The molecule has 160 valence electrons. The number of aliphatic hydroxyl groups is 1. The number of hydrogen-bond donors (Lipinski definition) is 1. The van der Waals surface area contributed by atoms with E-state index in [0.29, 0.717) is 23.5 Å². The van der Waals surface area contributed by atoms with Gasteiger partial charge < -0.3 is 9.84 Å². The van der Waals surface area contributed by atoms with Crippen molar-refractivity contribution in [3.63, 3.8) is 0 Å². The Morgan fingerprint density at radius 2 is 1.86 bits per heavy atom. The molecule has 0 spiro atoms. The monoisotopic (exact) mass is 400 g/mol. The summed E-state index contributed by atoms with van der Waals surface area (Å²) in [6, 6.07) is 0. The van der Waals surface area contributed by atoms with Crippen molar-refractivity contribution in [2.24, 2.45) is 45.8 Å². The van der Waals surface area contributed by atoms with Crippen LogP contribution in [-0.2, 0) is 14.3 Å². The summed E-state index contributed by atoms with van der Waals surface area (Å²) in [5.74, 6) is 2.12. The fourth-order valence-corrected chi connectivity index (χ4v) is 7.69. The van der Waals surface area contributed by atoms with Crippen LogP contribution >= 0.6 is 0 Å². The van der Waals surface area contributed by atoms with Crippen molar-refractivity contribution < 1.29 is 19.4 Å². The van der Waals surface area contributed by atoms with Crippen molar-refractivity contribution in [3.05, 3.63) is 11.6 Å². The number of hydrogen-bond acceptors (Lipinski definition) is 4. The molecular weight excluding hydrogens is 364 g/mol. The van der Waals surface area contributed by atoms with Crippen molar-refractivity contribution in [2.75, 3.05) is 0 Å². The standard InChI is InChI=1S/C25H36O4/c1-23(2,3)22(28)29-14-6-8-24(4)13(10-14)11-18(26)19-17(24)7-9-25(5)20(19)15-12-16(15)21(25)27/h11,14-20,26H,6-10,12H2,1-5H3/t14-,15+,16-,17?,18-,19?,20?,24-,25-/m0/s1. The summed E-state index contributed by atoms with van der Waals surface area (Å²) < 4.78 is 5.84. The number of ketones is 1. The molecular formula is C25H36O4. The maximum Gasteiger partial charge on any atom is 0.311 e. The van der Waals surface area contributed by atoms with Crippen LogP contribution in [0.3, 0.4) is 0 Å². The molecule has 5 aliphatic carbocycles. The second kappa shape index (κ2) is 5.96. The van der Waals surface area contributed by atoms with Gasteiger partial charge in [0.15, 0.2) is 0 Å². The average Bonchev–Trinajstić information content (AvgIpc) is 3.37. The van der Waals surface area contributed by atoms with E-state index in [1.165, 1.54) is 5.57 Å². The van der Waals surface area contributed by atoms with Crippen LogP contribution in [0.4, 0.5) is 0 Å². The Balaban J connectivity index is 1.42. The van der Waals surface area contributed by atoms with Crippen LogP contribution in [0.2, 0.25) is 0 Å². The molecule has 0 radical (unpaired) electrons. The van der Waals surface area contributed by atoms with Gasteiger partial charge in [0.25, 0.3) is 0 Å². The summed E-state index contributed by atoms with van der Waals surface area (Å²) in [6.07, 6.45) is 7.21. The number of Topliss-reactive ketones (excluding diaryl/α,β-unsaturated/α-hetero) is 1. The molecule has 0 bridgehead atoms. The van der Waals surface area contributed by atoms with Crippen molar-refractivity contribution in [3.8, 4) is 0 Å². The zero-order valence-corrected chi connectivity index (χ0v) is 18.5. The lowest BCUT2D eigenvalue weighted by Gasteiger charge is -2.58. The molecule has 0 aromatic rings. The van der Waals surface area contributed by atoms with Crippen molar-refractivity contribution >= 4 is 11.8 Å². The first-order chi connectivity index (χ1) is 13.5. The van der Waals surface area contributed by atoms with Gasteiger partial charge in [-0.05, 0) is 82.0 Å². The van der Waals surface area contributed by atoms with E-state index in [-0.39, 0.29) is 34.7 Å². The molecule has 0 aliphatic heterocycles. The molecule has 0 aromatic carbocycles. The van der Waals surface area contributed by atoms with E-state index in [1.54, 1.807) is 0 Å². The highest BCUT2D eigenvalue weighted by Crippen LogP contribution is 2.71. The van der Waals surface area contributed by atoms with Crippen LogP contribution in [0, 0.1) is 45.8 Å². The van der Waals surface area contributed by atoms with E-state index < -0.39 is 11.5 Å². The lowest BCUT2D eigenvalue weighted by atomic mass is 9.46. The molecule has 4 heteroatoms. The number of carbonyl (C=O) groups is 2. The third-order valence-corrected chi connectivity index (χ3v) is 9.43. The molecule has 0 saturated heterocycles. The smallest absolute Gasteiger partial charge is 0.311 e. The second-order valence-electron chi connectivity index (χ2n) is 12.2. The summed E-state index contributed by atoms with van der Waals surface area (Å²) in [5, 5.41) is 11.2. The third-order valence-electron chi connectivity index (χ3n) is 9.43. The largest absolute Gasteiger partial charge is 0.462 e. The predicted molar refractivity (Wildman–Crippen MR) is 110 cm³/mol. The first kappa shape index (κ1) is 19.8. The Morgan fingerprint density at radius 1 is 1.17 bits per heavy atom. The molecule has 3 unspecified atom stereocenters. The Bertz CT molecular complexity index is 791. The van der Waals surface area contributed by atoms with Crippen LogP contribution < -0.4 is 0 Å². The molecule has 4 fully saturated rings. The SMILES string of the molecule is CC(C)(C)C(=O)O[C@H]1CC[C@@]2(C)C(=C[C@H](O)C3C2CC[C@]2(C)C(=O)[C@H]4C[C@H]4C32)C1. The quantitative estimate of drug-likeness (QED) is 0.526. The summed E-state index contributed by atoms with van der Waals surface area (Å²) in [4.78, 5) is 25.3. The molecule has 29 heavy (non-hydrogen) atoms. The highest BCUT2D eigenvalue weighted by molar-refractivity contribution is 5.92. The third kappa shape index (κ3) is 2.66. The number of ether oxygens (including phenoxy) is 1. The van der Waals surface area contributed by atoms with E-state index in [9.17, 15) is 14.7 Å². The Morgan fingerprint density at radius 3 is 2.55 bits per heavy atom. The zero-order valence-electron chi connectivity index (χ0n) is 18.5. The maximum atomic E-state index is 12.9. The maximum absolute atomic E-state index is 12.9. The highest BCUT2D eigenvalue weighted by Gasteiger charge is 2.71. The summed E-state index contributed by atoms with van der Waals surface area (Å²) in [5.41, 5.74) is 0.642. The average molecular weight is 401 g/mol. The summed E-state index contributed by atoms with van der Waals surface area (Å²) in [6.45, 7) is 10.2. The molecule has 4 saturated carbocycles. The minimum absolute atomic E-state index is 0.0614. The van der Waals surface area contributed by atoms with E-state index >= 15 is 0 Å². The highest BCUT2D eigenvalue weighted by atomic mass is 16.5. The molecule has 1 N–H and O–H groups in total. The summed E-state index contributed by atoms with van der Waals surface area (Å²) >= 11 is 0. The second-order valence-corrected chi connectivity index (χ2v) is 12.2. The molecule has 5 aliphatic rings.